The van der Waals surface area contributed by atoms with Gasteiger partial charge in [-0.05, 0) is 56.5 Å². The fourth-order valence-corrected chi connectivity index (χ4v) is 3.72. The molecule has 0 N–H and O–H groups in total. The van der Waals surface area contributed by atoms with Crippen molar-refractivity contribution in [3.05, 3.63) is 28.5 Å². The Kier molecular flexibility index (Phi) is 4.32. The summed E-state index contributed by atoms with van der Waals surface area (Å²) >= 11 is 3.32. The third-order valence-corrected chi connectivity index (χ3v) is 5.24. The van der Waals surface area contributed by atoms with E-state index in [1.807, 2.05) is 12.1 Å². The van der Waals surface area contributed by atoms with Crippen molar-refractivity contribution in [2.24, 2.45) is 5.92 Å². The lowest BCUT2D eigenvalue weighted by Gasteiger charge is -2.34. The van der Waals surface area contributed by atoms with Gasteiger partial charge in [0.25, 0.3) is 0 Å². The van der Waals surface area contributed by atoms with E-state index in [0.29, 0.717) is 6.04 Å². The number of nitrogens with zero attached hydrogens (tertiary/aromatic N) is 2. The summed E-state index contributed by atoms with van der Waals surface area (Å²) in [5, 5.41) is 0. The number of likely N-dealkylation sites (tertiary alicyclic amines) is 1. The van der Waals surface area contributed by atoms with Gasteiger partial charge in [0, 0.05) is 23.6 Å². The first-order chi connectivity index (χ1) is 9.63. The lowest BCUT2D eigenvalue weighted by Crippen LogP contribution is -2.42. The highest BCUT2D eigenvalue weighted by Crippen LogP contribution is 2.29. The summed E-state index contributed by atoms with van der Waals surface area (Å²) in [6.45, 7) is 6.70. The molecule has 20 heavy (non-hydrogen) atoms. The van der Waals surface area contributed by atoms with Crippen molar-refractivity contribution in [2.75, 3.05) is 31.1 Å². The Morgan fingerprint density at radius 3 is 2.60 bits per heavy atom. The zero-order chi connectivity index (χ0) is 14.1. The normalized spacial score (nSPS) is 25.4. The highest BCUT2D eigenvalue weighted by Gasteiger charge is 2.30. The molecule has 110 valence electrons. The first-order valence-corrected chi connectivity index (χ1v) is 8.37. The molecule has 2 aliphatic heterocycles. The Morgan fingerprint density at radius 2 is 1.90 bits per heavy atom. The Balaban J connectivity index is 1.64. The Bertz CT molecular complexity index is 472. The van der Waals surface area contributed by atoms with Gasteiger partial charge in [0.15, 0.2) is 0 Å². The maximum absolute atomic E-state index is 14.0. The Hall–Kier alpha value is -0.610. The number of rotatable bonds is 2. The topological polar surface area (TPSA) is 6.48 Å². The molecule has 0 saturated carbocycles. The van der Waals surface area contributed by atoms with Crippen molar-refractivity contribution >= 4 is 21.6 Å². The van der Waals surface area contributed by atoms with Gasteiger partial charge in [-0.15, -0.1) is 0 Å². The lowest BCUT2D eigenvalue weighted by atomic mass is 9.98. The van der Waals surface area contributed by atoms with Crippen molar-refractivity contribution in [3.63, 3.8) is 0 Å². The van der Waals surface area contributed by atoms with Crippen LogP contribution in [0.4, 0.5) is 10.1 Å². The maximum Gasteiger partial charge on any atom is 0.147 e. The molecule has 0 aliphatic carbocycles. The van der Waals surface area contributed by atoms with Crippen LogP contribution in [0.15, 0.2) is 22.7 Å². The zero-order valence-electron chi connectivity index (χ0n) is 12.0. The molecule has 1 aromatic carbocycles. The van der Waals surface area contributed by atoms with Crippen molar-refractivity contribution in [1.82, 2.24) is 4.90 Å². The van der Waals surface area contributed by atoms with E-state index < -0.39 is 0 Å². The second-order valence-electron chi connectivity index (χ2n) is 6.20. The van der Waals surface area contributed by atoms with Crippen LogP contribution in [0.3, 0.4) is 0 Å². The molecule has 1 aromatic rings. The predicted molar refractivity (Wildman–Crippen MR) is 84.7 cm³/mol. The van der Waals surface area contributed by atoms with E-state index in [-0.39, 0.29) is 5.82 Å². The minimum absolute atomic E-state index is 0.118. The van der Waals surface area contributed by atoms with E-state index in [4.69, 9.17) is 0 Å². The molecule has 4 heteroatoms. The summed E-state index contributed by atoms with van der Waals surface area (Å²) < 4.78 is 14.8. The van der Waals surface area contributed by atoms with Crippen molar-refractivity contribution < 1.29 is 4.39 Å². The summed E-state index contributed by atoms with van der Waals surface area (Å²) in [6.07, 6.45) is 3.77. The number of hydrogen-bond donors (Lipinski definition) is 0. The van der Waals surface area contributed by atoms with E-state index in [9.17, 15) is 4.39 Å². The molecule has 0 aromatic heterocycles. The monoisotopic (exact) mass is 340 g/mol. The number of hydrogen-bond acceptors (Lipinski definition) is 2. The minimum Gasteiger partial charge on any atom is -0.368 e. The van der Waals surface area contributed by atoms with Gasteiger partial charge in [0.05, 0.1) is 5.69 Å². The second kappa shape index (κ2) is 6.02. The van der Waals surface area contributed by atoms with Crippen LogP contribution in [-0.4, -0.2) is 37.1 Å². The number of anilines is 1. The standard InChI is InChI=1S/C16H22BrFN2/c1-12-4-7-19(8-5-12)14-6-9-20(11-14)16-3-2-13(17)10-15(16)18/h2-3,10,12,14H,4-9,11H2,1H3. The van der Waals surface area contributed by atoms with Gasteiger partial charge < -0.3 is 4.90 Å². The molecule has 2 fully saturated rings. The first-order valence-electron chi connectivity index (χ1n) is 7.57. The average Bonchev–Trinajstić information content (AvgIpc) is 2.89. The quantitative estimate of drug-likeness (QED) is 0.805. The largest absolute Gasteiger partial charge is 0.368 e. The fourth-order valence-electron chi connectivity index (χ4n) is 3.39. The lowest BCUT2D eigenvalue weighted by molar-refractivity contribution is 0.147. The van der Waals surface area contributed by atoms with Gasteiger partial charge >= 0.3 is 0 Å². The van der Waals surface area contributed by atoms with Gasteiger partial charge in [0.1, 0.15) is 5.82 Å². The molecule has 2 saturated heterocycles. The zero-order valence-corrected chi connectivity index (χ0v) is 13.6. The van der Waals surface area contributed by atoms with E-state index in [0.717, 1.165) is 35.6 Å². The van der Waals surface area contributed by atoms with Crippen molar-refractivity contribution in [1.29, 1.82) is 0 Å². The number of halogens is 2. The first kappa shape index (κ1) is 14.3. The van der Waals surface area contributed by atoms with Crippen molar-refractivity contribution in [3.8, 4) is 0 Å². The van der Waals surface area contributed by atoms with Crippen LogP contribution in [0, 0.1) is 11.7 Å². The molecule has 2 heterocycles. The highest BCUT2D eigenvalue weighted by molar-refractivity contribution is 9.10. The van der Waals surface area contributed by atoms with Gasteiger partial charge in [-0.25, -0.2) is 4.39 Å². The Labute approximate surface area is 129 Å². The molecule has 1 atom stereocenters. The molecule has 0 spiro atoms. The van der Waals surface area contributed by atoms with E-state index in [1.165, 1.54) is 25.9 Å². The highest BCUT2D eigenvalue weighted by atomic mass is 79.9. The summed E-state index contributed by atoms with van der Waals surface area (Å²) in [6, 6.07) is 5.98. The summed E-state index contributed by atoms with van der Waals surface area (Å²) in [7, 11) is 0. The molecular formula is C16H22BrFN2. The molecular weight excluding hydrogens is 319 g/mol. The summed E-state index contributed by atoms with van der Waals surface area (Å²) in [5.41, 5.74) is 0.751. The minimum atomic E-state index is -0.118. The van der Waals surface area contributed by atoms with E-state index in [2.05, 4.69) is 32.7 Å². The molecule has 2 aliphatic rings. The van der Waals surface area contributed by atoms with Crippen LogP contribution in [-0.2, 0) is 0 Å². The van der Waals surface area contributed by atoms with Crippen LogP contribution < -0.4 is 4.90 Å². The van der Waals surface area contributed by atoms with Crippen LogP contribution in [0.5, 0.6) is 0 Å². The summed E-state index contributed by atoms with van der Waals surface area (Å²) in [5.74, 6) is 0.750. The van der Waals surface area contributed by atoms with E-state index in [1.54, 1.807) is 6.07 Å². The molecule has 0 radical (unpaired) electrons. The third kappa shape index (κ3) is 3.01. The molecule has 3 rings (SSSR count). The van der Waals surface area contributed by atoms with Gasteiger partial charge in [-0.3, -0.25) is 4.90 Å². The van der Waals surface area contributed by atoms with Gasteiger partial charge in [0.2, 0.25) is 0 Å². The smallest absolute Gasteiger partial charge is 0.147 e. The Morgan fingerprint density at radius 1 is 1.15 bits per heavy atom. The average molecular weight is 341 g/mol. The van der Waals surface area contributed by atoms with Crippen molar-refractivity contribution in [2.45, 2.75) is 32.2 Å². The van der Waals surface area contributed by atoms with Crippen LogP contribution in [0.1, 0.15) is 26.2 Å². The van der Waals surface area contributed by atoms with Crippen LogP contribution in [0.25, 0.3) is 0 Å². The molecule has 2 nitrogen and oxygen atoms in total. The number of benzene rings is 1. The molecule has 0 bridgehead atoms. The molecule has 0 amide bonds. The maximum atomic E-state index is 14.0. The second-order valence-corrected chi connectivity index (χ2v) is 7.12. The molecule has 1 unspecified atom stereocenters. The number of piperidine rings is 1. The fraction of sp³-hybridized carbons (Fsp3) is 0.625. The van der Waals surface area contributed by atoms with Crippen LogP contribution in [0.2, 0.25) is 0 Å². The van der Waals surface area contributed by atoms with E-state index >= 15 is 0 Å². The predicted octanol–water partition coefficient (Wildman–Crippen LogP) is 3.90. The third-order valence-electron chi connectivity index (χ3n) is 4.75. The van der Waals surface area contributed by atoms with Gasteiger partial charge in [-0.2, -0.15) is 0 Å². The summed E-state index contributed by atoms with van der Waals surface area (Å²) in [4.78, 5) is 4.81. The SMILES string of the molecule is CC1CCN(C2CCN(c3ccc(Br)cc3F)C2)CC1. The van der Waals surface area contributed by atoms with Crippen LogP contribution >= 0.6 is 15.9 Å². The van der Waals surface area contributed by atoms with Gasteiger partial charge in [-0.1, -0.05) is 22.9 Å².